The number of aliphatic carboxylic acids is 1. The molecule has 0 bridgehead atoms. The van der Waals surface area contributed by atoms with Crippen LogP contribution in [0.5, 0.6) is 0 Å². The maximum Gasteiger partial charge on any atom is 0.326 e. The fourth-order valence-electron chi connectivity index (χ4n) is 1.62. The Hall–Kier alpha value is -1.63. The number of carbonyl (C=O) groups is 2. The van der Waals surface area contributed by atoms with Crippen molar-refractivity contribution < 1.29 is 23.5 Å². The minimum absolute atomic E-state index is 0.108. The number of likely N-dealkylation sites (N-methyl/N-ethyl adjacent to an activating group) is 1. The zero-order valence-electron chi connectivity index (χ0n) is 11.1. The van der Waals surface area contributed by atoms with E-state index in [1.54, 1.807) is 6.92 Å². The molecule has 1 aromatic rings. The number of benzene rings is 1. The van der Waals surface area contributed by atoms with E-state index in [1.165, 1.54) is 13.1 Å². The molecule has 1 rings (SSSR count). The summed E-state index contributed by atoms with van der Waals surface area (Å²) < 4.78 is 26.1. The lowest BCUT2D eigenvalue weighted by atomic mass is 10.2. The van der Waals surface area contributed by atoms with Crippen LogP contribution in [0.3, 0.4) is 0 Å². The monoisotopic (exact) mass is 303 g/mol. The Morgan fingerprint density at radius 2 is 2.05 bits per heavy atom. The molecule has 0 saturated heterocycles. The second-order valence-corrected chi connectivity index (χ2v) is 5.15. The van der Waals surface area contributed by atoms with Gasteiger partial charge in [0.2, 0.25) is 5.91 Å². The summed E-state index contributed by atoms with van der Waals surface area (Å²) in [5.74, 6) is -3.04. The number of carboxylic acids is 1. The third-order valence-corrected chi connectivity index (χ3v) is 3.81. The van der Waals surface area contributed by atoms with E-state index in [0.29, 0.717) is 0 Å². The van der Waals surface area contributed by atoms with E-state index in [4.69, 9.17) is 5.11 Å². The van der Waals surface area contributed by atoms with Crippen LogP contribution in [0.25, 0.3) is 0 Å². The van der Waals surface area contributed by atoms with Gasteiger partial charge in [-0.2, -0.15) is 0 Å². The molecule has 0 fully saturated rings. The van der Waals surface area contributed by atoms with Crippen molar-refractivity contribution in [1.29, 1.82) is 0 Å². The van der Waals surface area contributed by atoms with Crippen LogP contribution < -0.4 is 0 Å². The third-order valence-electron chi connectivity index (χ3n) is 2.78. The molecule has 0 aliphatic carbocycles. The van der Waals surface area contributed by atoms with Crippen molar-refractivity contribution in [3.8, 4) is 0 Å². The summed E-state index contributed by atoms with van der Waals surface area (Å²) in [6, 6.07) is 2.19. The molecule has 0 radical (unpaired) electrons. The van der Waals surface area contributed by atoms with Crippen molar-refractivity contribution in [2.75, 3.05) is 12.8 Å². The van der Waals surface area contributed by atoms with Crippen molar-refractivity contribution in [1.82, 2.24) is 4.90 Å². The molecular weight excluding hydrogens is 288 g/mol. The molecule has 0 aliphatic heterocycles. The number of halogens is 2. The summed E-state index contributed by atoms with van der Waals surface area (Å²) >= 11 is 0.906. The zero-order chi connectivity index (χ0) is 15.3. The van der Waals surface area contributed by atoms with Gasteiger partial charge in [-0.25, -0.2) is 13.6 Å². The molecule has 0 saturated carbocycles. The highest BCUT2D eigenvalue weighted by molar-refractivity contribution is 8.00. The first-order valence-corrected chi connectivity index (χ1v) is 6.91. The van der Waals surface area contributed by atoms with Crippen LogP contribution in [0, 0.1) is 11.6 Å². The van der Waals surface area contributed by atoms with E-state index in [-0.39, 0.29) is 17.1 Å². The highest BCUT2D eigenvalue weighted by Crippen LogP contribution is 2.22. The second kappa shape index (κ2) is 7.23. The minimum atomic E-state index is -1.08. The standard InChI is InChI=1S/C13H15F2NO3S/c1-3-10(13(18)19)16(2)12(17)7-20-11-5-4-8(14)6-9(11)15/h4-6,10H,3,7H2,1-2H3,(H,18,19). The van der Waals surface area contributed by atoms with Gasteiger partial charge >= 0.3 is 5.97 Å². The van der Waals surface area contributed by atoms with Crippen LogP contribution >= 0.6 is 11.8 Å². The molecule has 7 heteroatoms. The van der Waals surface area contributed by atoms with Gasteiger partial charge in [-0.1, -0.05) is 6.92 Å². The van der Waals surface area contributed by atoms with Gasteiger partial charge < -0.3 is 10.0 Å². The molecule has 0 heterocycles. The second-order valence-electron chi connectivity index (χ2n) is 4.13. The highest BCUT2D eigenvalue weighted by atomic mass is 32.2. The summed E-state index contributed by atoms with van der Waals surface area (Å²) in [6.45, 7) is 1.66. The lowest BCUT2D eigenvalue weighted by molar-refractivity contribution is -0.148. The molecule has 0 spiro atoms. The molecule has 1 atom stereocenters. The quantitative estimate of drug-likeness (QED) is 0.820. The fourth-order valence-corrected chi connectivity index (χ4v) is 2.47. The molecular formula is C13H15F2NO3S. The smallest absolute Gasteiger partial charge is 0.326 e. The number of hydrogen-bond acceptors (Lipinski definition) is 3. The van der Waals surface area contributed by atoms with Crippen LogP contribution in [0.1, 0.15) is 13.3 Å². The largest absolute Gasteiger partial charge is 0.480 e. The normalized spacial score (nSPS) is 12.0. The number of thioether (sulfide) groups is 1. The molecule has 110 valence electrons. The van der Waals surface area contributed by atoms with Crippen LogP contribution in [0.4, 0.5) is 8.78 Å². The van der Waals surface area contributed by atoms with Gasteiger partial charge in [0, 0.05) is 18.0 Å². The lowest BCUT2D eigenvalue weighted by Crippen LogP contribution is -2.42. The number of carboxylic acid groups (broad SMARTS) is 1. The SMILES string of the molecule is CCC(C(=O)O)N(C)C(=O)CSc1ccc(F)cc1F. The Balaban J connectivity index is 2.65. The Kier molecular flexibility index (Phi) is 5.94. The summed E-state index contributed by atoms with van der Waals surface area (Å²) in [6.07, 6.45) is 0.285. The van der Waals surface area contributed by atoms with E-state index >= 15 is 0 Å². The van der Waals surface area contributed by atoms with E-state index < -0.39 is 29.6 Å². The number of amides is 1. The molecule has 0 aliphatic rings. The number of nitrogens with zero attached hydrogens (tertiary/aromatic N) is 1. The molecule has 1 aromatic carbocycles. The van der Waals surface area contributed by atoms with E-state index in [1.807, 2.05) is 0 Å². The van der Waals surface area contributed by atoms with E-state index in [0.717, 1.165) is 28.8 Å². The summed E-state index contributed by atoms with van der Waals surface area (Å²) in [4.78, 5) is 24.1. The molecule has 1 amide bonds. The van der Waals surface area contributed by atoms with Crippen LogP contribution in [-0.2, 0) is 9.59 Å². The topological polar surface area (TPSA) is 57.6 Å². The Morgan fingerprint density at radius 1 is 1.40 bits per heavy atom. The highest BCUT2D eigenvalue weighted by Gasteiger charge is 2.24. The van der Waals surface area contributed by atoms with Gasteiger partial charge in [-0.05, 0) is 18.6 Å². The van der Waals surface area contributed by atoms with Crippen molar-refractivity contribution in [3.05, 3.63) is 29.8 Å². The third kappa shape index (κ3) is 4.19. The molecule has 0 aromatic heterocycles. The van der Waals surface area contributed by atoms with Crippen LogP contribution in [0.2, 0.25) is 0 Å². The molecule has 1 N–H and O–H groups in total. The first-order valence-electron chi connectivity index (χ1n) is 5.93. The van der Waals surface area contributed by atoms with Crippen molar-refractivity contribution >= 4 is 23.6 Å². The van der Waals surface area contributed by atoms with Gasteiger partial charge in [-0.3, -0.25) is 4.79 Å². The first kappa shape index (κ1) is 16.4. The minimum Gasteiger partial charge on any atom is -0.480 e. The predicted molar refractivity (Wildman–Crippen MR) is 71.6 cm³/mol. The maximum absolute atomic E-state index is 13.4. The van der Waals surface area contributed by atoms with Gasteiger partial charge in [0.1, 0.15) is 17.7 Å². The summed E-state index contributed by atoms with van der Waals surface area (Å²) in [5.41, 5.74) is 0. The van der Waals surface area contributed by atoms with Gasteiger partial charge in [0.25, 0.3) is 0 Å². The summed E-state index contributed by atoms with van der Waals surface area (Å²) in [5, 5.41) is 8.95. The Morgan fingerprint density at radius 3 is 2.55 bits per heavy atom. The number of rotatable bonds is 6. The Labute approximate surface area is 119 Å². The number of carbonyl (C=O) groups excluding carboxylic acids is 1. The van der Waals surface area contributed by atoms with E-state index in [9.17, 15) is 18.4 Å². The summed E-state index contributed by atoms with van der Waals surface area (Å²) in [7, 11) is 1.40. The van der Waals surface area contributed by atoms with Gasteiger partial charge in [0.05, 0.1) is 5.75 Å². The number of hydrogen-bond donors (Lipinski definition) is 1. The molecule has 1 unspecified atom stereocenters. The first-order chi connectivity index (χ1) is 9.36. The Bertz CT molecular complexity index is 510. The van der Waals surface area contributed by atoms with Crippen molar-refractivity contribution in [2.45, 2.75) is 24.3 Å². The maximum atomic E-state index is 13.4. The molecule has 4 nitrogen and oxygen atoms in total. The van der Waals surface area contributed by atoms with Crippen LogP contribution in [-0.4, -0.2) is 40.7 Å². The lowest BCUT2D eigenvalue weighted by Gasteiger charge is -2.23. The van der Waals surface area contributed by atoms with Crippen molar-refractivity contribution in [3.63, 3.8) is 0 Å². The van der Waals surface area contributed by atoms with Crippen molar-refractivity contribution in [2.24, 2.45) is 0 Å². The zero-order valence-corrected chi connectivity index (χ0v) is 11.9. The van der Waals surface area contributed by atoms with Crippen LogP contribution in [0.15, 0.2) is 23.1 Å². The van der Waals surface area contributed by atoms with Gasteiger partial charge in [-0.15, -0.1) is 11.8 Å². The molecule has 20 heavy (non-hydrogen) atoms. The average Bonchev–Trinajstić information content (AvgIpc) is 2.37. The average molecular weight is 303 g/mol. The van der Waals surface area contributed by atoms with E-state index in [2.05, 4.69) is 0 Å². The van der Waals surface area contributed by atoms with Gasteiger partial charge in [0.15, 0.2) is 0 Å². The fraction of sp³-hybridized carbons (Fsp3) is 0.385. The predicted octanol–water partition coefficient (Wildman–Crippen LogP) is 2.38.